The highest BCUT2D eigenvalue weighted by molar-refractivity contribution is 7.47. The minimum absolute atomic E-state index is 0.173. The molecule has 0 aromatic carbocycles. The molecule has 11 heteroatoms. The Kier molecular flexibility index (Phi) is 21.5. The van der Waals surface area contributed by atoms with Crippen molar-refractivity contribution >= 4 is 19.8 Å². The Balaban J connectivity index is 4.41. The van der Waals surface area contributed by atoms with Crippen LogP contribution in [0.2, 0.25) is 0 Å². The molecule has 0 heterocycles. The smallest absolute Gasteiger partial charge is 0.462 e. The van der Waals surface area contributed by atoms with Crippen molar-refractivity contribution < 1.29 is 47.8 Å². The van der Waals surface area contributed by atoms with Crippen molar-refractivity contribution in [2.45, 2.75) is 116 Å². The maximum absolute atomic E-state index is 12.1. The highest BCUT2D eigenvalue weighted by atomic mass is 31.2. The lowest BCUT2D eigenvalue weighted by molar-refractivity contribution is -0.161. The topological polar surface area (TPSA) is 149 Å². The average molecular weight is 527 g/mol. The molecule has 3 atom stereocenters. The van der Waals surface area contributed by atoms with E-state index in [4.69, 9.17) is 19.1 Å². The zero-order valence-electron chi connectivity index (χ0n) is 21.5. The van der Waals surface area contributed by atoms with Crippen LogP contribution in [0.1, 0.15) is 104 Å². The maximum Gasteiger partial charge on any atom is 0.472 e. The van der Waals surface area contributed by atoms with E-state index in [1.807, 2.05) is 6.92 Å². The number of hydrogen-bond donors (Lipinski definition) is 3. The summed E-state index contributed by atoms with van der Waals surface area (Å²) in [5.74, 6) is -0.957. The molecule has 35 heavy (non-hydrogen) atoms. The molecule has 0 saturated carbocycles. The van der Waals surface area contributed by atoms with Crippen LogP contribution in [0, 0.1) is 0 Å². The zero-order chi connectivity index (χ0) is 26.4. The van der Waals surface area contributed by atoms with E-state index >= 15 is 0 Å². The number of phosphoric acid groups is 1. The van der Waals surface area contributed by atoms with E-state index in [2.05, 4.69) is 11.4 Å². The molecule has 208 valence electrons. The second-order valence-corrected chi connectivity index (χ2v) is 10.2. The summed E-state index contributed by atoms with van der Waals surface area (Å²) < 4.78 is 31.8. The summed E-state index contributed by atoms with van der Waals surface area (Å²) in [7, 11) is -4.57. The first-order valence-electron chi connectivity index (χ1n) is 13.0. The van der Waals surface area contributed by atoms with E-state index in [1.54, 1.807) is 0 Å². The van der Waals surface area contributed by atoms with Crippen LogP contribution in [0.25, 0.3) is 0 Å². The molecule has 0 rings (SSSR count). The van der Waals surface area contributed by atoms with Gasteiger partial charge < -0.3 is 24.6 Å². The van der Waals surface area contributed by atoms with Crippen LogP contribution in [-0.2, 0) is 32.7 Å². The summed E-state index contributed by atoms with van der Waals surface area (Å²) in [5, 5.41) is 18.0. The van der Waals surface area contributed by atoms with Crippen molar-refractivity contribution in [1.29, 1.82) is 0 Å². The quantitative estimate of drug-likeness (QED) is 0.0936. The third kappa shape index (κ3) is 21.9. The SMILES string of the molecule is CCCCCCCCCCCC(=O)OC[C@H](COP(=O)(O)OC[C@@H](O)CO)OC(=O)CCCCC. The first kappa shape index (κ1) is 34.0. The van der Waals surface area contributed by atoms with Crippen molar-refractivity contribution in [2.75, 3.05) is 26.4 Å². The van der Waals surface area contributed by atoms with Crippen molar-refractivity contribution in [1.82, 2.24) is 0 Å². The van der Waals surface area contributed by atoms with Crippen molar-refractivity contribution in [3.63, 3.8) is 0 Å². The number of aliphatic hydroxyl groups is 2. The van der Waals surface area contributed by atoms with E-state index in [1.165, 1.54) is 32.1 Å². The second-order valence-electron chi connectivity index (χ2n) is 8.73. The standard InChI is InChI=1S/C24H47O10P/c1-3-5-7-8-9-10-11-12-14-15-23(27)31-19-22(34-24(28)16-13-6-4-2)20-33-35(29,30)32-18-21(26)17-25/h21-22,25-26H,3-20H2,1-2H3,(H,29,30)/t21-,22+/m0/s1. The van der Waals surface area contributed by atoms with E-state index in [0.29, 0.717) is 12.8 Å². The number of unbranched alkanes of at least 4 members (excludes halogenated alkanes) is 10. The molecular weight excluding hydrogens is 479 g/mol. The first-order chi connectivity index (χ1) is 16.7. The number of carbonyl (C=O) groups is 2. The highest BCUT2D eigenvalue weighted by Gasteiger charge is 2.27. The fourth-order valence-corrected chi connectivity index (χ4v) is 3.96. The molecule has 0 radical (unpaired) electrons. The normalized spacial score (nSPS) is 14.8. The molecule has 0 amide bonds. The van der Waals surface area contributed by atoms with Gasteiger partial charge >= 0.3 is 19.8 Å². The number of carbonyl (C=O) groups excluding carboxylic acids is 2. The van der Waals surface area contributed by atoms with Crippen LogP contribution in [0.3, 0.4) is 0 Å². The molecule has 10 nitrogen and oxygen atoms in total. The molecule has 0 fully saturated rings. The molecule has 0 bridgehead atoms. The predicted molar refractivity (Wildman–Crippen MR) is 132 cm³/mol. The van der Waals surface area contributed by atoms with Gasteiger partial charge in [-0.15, -0.1) is 0 Å². The van der Waals surface area contributed by atoms with Gasteiger partial charge in [-0.05, 0) is 12.8 Å². The zero-order valence-corrected chi connectivity index (χ0v) is 22.4. The van der Waals surface area contributed by atoms with Crippen LogP contribution in [0.15, 0.2) is 0 Å². The molecule has 0 aliphatic carbocycles. The van der Waals surface area contributed by atoms with Gasteiger partial charge in [0.25, 0.3) is 0 Å². The van der Waals surface area contributed by atoms with Crippen molar-refractivity contribution in [3.05, 3.63) is 0 Å². The van der Waals surface area contributed by atoms with Gasteiger partial charge in [0.2, 0.25) is 0 Å². The lowest BCUT2D eigenvalue weighted by atomic mass is 10.1. The minimum Gasteiger partial charge on any atom is -0.462 e. The lowest BCUT2D eigenvalue weighted by Crippen LogP contribution is -2.29. The van der Waals surface area contributed by atoms with Crippen LogP contribution in [0.5, 0.6) is 0 Å². The monoisotopic (exact) mass is 526 g/mol. The molecule has 0 aromatic rings. The maximum atomic E-state index is 12.1. The van der Waals surface area contributed by atoms with Gasteiger partial charge in [-0.25, -0.2) is 4.57 Å². The van der Waals surface area contributed by atoms with Crippen LogP contribution in [-0.4, -0.2) is 65.7 Å². The molecule has 1 unspecified atom stereocenters. The molecule has 0 aliphatic rings. The van der Waals surface area contributed by atoms with E-state index in [-0.39, 0.29) is 19.4 Å². The second kappa shape index (κ2) is 22.2. The van der Waals surface area contributed by atoms with E-state index in [9.17, 15) is 24.2 Å². The Morgan fingerprint density at radius 2 is 1.23 bits per heavy atom. The van der Waals surface area contributed by atoms with Gasteiger partial charge in [0.15, 0.2) is 6.10 Å². The molecule has 3 N–H and O–H groups in total. The van der Waals surface area contributed by atoms with Gasteiger partial charge in [0.05, 0.1) is 19.8 Å². The number of hydrogen-bond acceptors (Lipinski definition) is 9. The summed E-state index contributed by atoms with van der Waals surface area (Å²) in [6, 6.07) is 0. The van der Waals surface area contributed by atoms with Gasteiger partial charge in [0.1, 0.15) is 12.7 Å². The van der Waals surface area contributed by atoms with Crippen molar-refractivity contribution in [3.8, 4) is 0 Å². The number of rotatable bonds is 24. The first-order valence-corrected chi connectivity index (χ1v) is 14.5. The van der Waals surface area contributed by atoms with Crippen LogP contribution < -0.4 is 0 Å². The highest BCUT2D eigenvalue weighted by Crippen LogP contribution is 2.43. The van der Waals surface area contributed by atoms with Gasteiger partial charge in [-0.1, -0.05) is 78.1 Å². The predicted octanol–water partition coefficient (Wildman–Crippen LogP) is 4.43. The minimum atomic E-state index is -4.57. The summed E-state index contributed by atoms with van der Waals surface area (Å²) >= 11 is 0. The summed E-state index contributed by atoms with van der Waals surface area (Å²) in [6.45, 7) is 2.09. The van der Waals surface area contributed by atoms with Crippen LogP contribution >= 0.6 is 7.82 Å². The lowest BCUT2D eigenvalue weighted by Gasteiger charge is -2.20. The largest absolute Gasteiger partial charge is 0.472 e. The van der Waals surface area contributed by atoms with Crippen LogP contribution in [0.4, 0.5) is 0 Å². The summed E-state index contributed by atoms with van der Waals surface area (Å²) in [6.07, 6.45) is 10.6. The van der Waals surface area contributed by atoms with Crippen molar-refractivity contribution in [2.24, 2.45) is 0 Å². The fraction of sp³-hybridized carbons (Fsp3) is 0.917. The fourth-order valence-electron chi connectivity index (χ4n) is 3.17. The number of phosphoric ester groups is 1. The molecule has 0 saturated heterocycles. The third-order valence-corrected chi connectivity index (χ3v) is 6.21. The van der Waals surface area contributed by atoms with E-state index < -0.39 is 51.8 Å². The number of ether oxygens (including phenoxy) is 2. The van der Waals surface area contributed by atoms with Gasteiger partial charge in [-0.2, -0.15) is 0 Å². The summed E-state index contributed by atoms with van der Waals surface area (Å²) in [4.78, 5) is 33.9. The third-order valence-electron chi connectivity index (χ3n) is 5.26. The Morgan fingerprint density at radius 1 is 0.743 bits per heavy atom. The average Bonchev–Trinajstić information content (AvgIpc) is 2.83. The molecule has 0 spiro atoms. The molecule has 0 aliphatic heterocycles. The van der Waals surface area contributed by atoms with Gasteiger partial charge in [0, 0.05) is 12.8 Å². The number of aliphatic hydroxyl groups excluding tert-OH is 2. The summed E-state index contributed by atoms with van der Waals surface area (Å²) in [5.41, 5.74) is 0. The molecule has 0 aromatic heterocycles. The van der Waals surface area contributed by atoms with Gasteiger partial charge in [-0.3, -0.25) is 18.6 Å². The molecular formula is C24H47O10P. The Hall–Kier alpha value is -1.03. The Labute approximate surface area is 210 Å². The number of esters is 2. The Bertz CT molecular complexity index is 587. The Morgan fingerprint density at radius 3 is 1.83 bits per heavy atom. The van der Waals surface area contributed by atoms with E-state index in [0.717, 1.165) is 32.1 Å².